The lowest BCUT2D eigenvalue weighted by molar-refractivity contribution is 0.670. The van der Waals surface area contributed by atoms with E-state index in [1.165, 1.54) is 0 Å². The molecule has 14 rings (SSSR count). The van der Waals surface area contributed by atoms with Crippen LogP contribution in [0.3, 0.4) is 0 Å². The van der Waals surface area contributed by atoms with E-state index in [2.05, 4.69) is 221 Å². The lowest BCUT2D eigenvalue weighted by Crippen LogP contribution is -2.07. The van der Waals surface area contributed by atoms with E-state index in [0.717, 1.165) is 116 Å². The number of aromatic nitrogens is 5. The van der Waals surface area contributed by atoms with Crippen molar-refractivity contribution in [3.63, 3.8) is 0 Å². The standard InChI is InChI=1S/C63H39N5O/c1-5-19-40(20-6-1)44-35-45(41-21-7-2-8-22-41)37-46(36-44)62-64-61(43-25-11-4-12-26-43)65-63(66-62)68-56-31-17-14-28-49(56)52-34-33-51-48-27-13-16-30-55(48)67(58(51)59(52)68)47-38-53(42-23-9-3-10-24-42)60-54(39-47)50-29-15-18-32-57(50)69-60/h1-39H. The van der Waals surface area contributed by atoms with E-state index in [0.29, 0.717) is 17.6 Å². The molecule has 0 aliphatic heterocycles. The van der Waals surface area contributed by atoms with Crippen molar-refractivity contribution in [2.75, 3.05) is 0 Å². The molecule has 69 heavy (non-hydrogen) atoms. The summed E-state index contributed by atoms with van der Waals surface area (Å²) in [4.78, 5) is 16.3. The molecular weight excluding hydrogens is 843 g/mol. The fourth-order valence-electron chi connectivity index (χ4n) is 10.4. The quantitative estimate of drug-likeness (QED) is 0.160. The fourth-order valence-corrected chi connectivity index (χ4v) is 10.4. The first-order valence-corrected chi connectivity index (χ1v) is 23.3. The molecule has 0 spiro atoms. The van der Waals surface area contributed by atoms with Gasteiger partial charge in [-0.3, -0.25) is 4.57 Å². The second-order valence-electron chi connectivity index (χ2n) is 17.6. The van der Waals surface area contributed by atoms with Gasteiger partial charge >= 0.3 is 0 Å². The van der Waals surface area contributed by atoms with Crippen molar-refractivity contribution in [3.8, 4) is 67.8 Å². The van der Waals surface area contributed by atoms with E-state index >= 15 is 0 Å². The Morgan fingerprint density at radius 3 is 1.38 bits per heavy atom. The third-order valence-corrected chi connectivity index (χ3v) is 13.5. The van der Waals surface area contributed by atoms with Crippen LogP contribution in [0.4, 0.5) is 0 Å². The summed E-state index contributed by atoms with van der Waals surface area (Å²) in [5.74, 6) is 1.70. The molecule has 0 N–H and O–H groups in total. The molecule has 0 saturated carbocycles. The molecule has 6 heteroatoms. The lowest BCUT2D eigenvalue weighted by Gasteiger charge is -2.15. The molecule has 10 aromatic carbocycles. The van der Waals surface area contributed by atoms with Gasteiger partial charge in [-0.25, -0.2) is 4.98 Å². The first-order valence-electron chi connectivity index (χ1n) is 23.3. The summed E-state index contributed by atoms with van der Waals surface area (Å²) in [6.07, 6.45) is 0. The van der Waals surface area contributed by atoms with Gasteiger partial charge in [-0.2, -0.15) is 9.97 Å². The van der Waals surface area contributed by atoms with Crippen molar-refractivity contribution in [2.45, 2.75) is 0 Å². The van der Waals surface area contributed by atoms with Crippen LogP contribution >= 0.6 is 0 Å². The molecule has 6 nitrogen and oxygen atoms in total. The van der Waals surface area contributed by atoms with Gasteiger partial charge in [0, 0.05) is 54.7 Å². The number of hydrogen-bond acceptors (Lipinski definition) is 4. The minimum absolute atomic E-state index is 0.530. The maximum Gasteiger partial charge on any atom is 0.238 e. The maximum absolute atomic E-state index is 6.70. The summed E-state index contributed by atoms with van der Waals surface area (Å²) in [6, 6.07) is 83.3. The zero-order valence-corrected chi connectivity index (χ0v) is 37.2. The predicted octanol–water partition coefficient (Wildman–Crippen LogP) is 16.3. The first kappa shape index (κ1) is 38.8. The number of fused-ring (bicyclic) bond motifs is 10. The average Bonchev–Trinajstić information content (AvgIpc) is 4.09. The average molecular weight is 882 g/mol. The number of hydrogen-bond donors (Lipinski definition) is 0. The predicted molar refractivity (Wildman–Crippen MR) is 283 cm³/mol. The molecule has 0 unspecified atom stereocenters. The Bertz CT molecular complexity index is 4230. The van der Waals surface area contributed by atoms with Crippen LogP contribution in [0.5, 0.6) is 0 Å². The molecule has 4 aromatic heterocycles. The Hall–Kier alpha value is -9.39. The van der Waals surface area contributed by atoms with Crippen molar-refractivity contribution in [1.82, 2.24) is 24.1 Å². The second-order valence-corrected chi connectivity index (χ2v) is 17.6. The Morgan fingerprint density at radius 2 is 0.768 bits per heavy atom. The van der Waals surface area contributed by atoms with Gasteiger partial charge in [0.15, 0.2) is 11.6 Å². The minimum Gasteiger partial charge on any atom is -0.455 e. The van der Waals surface area contributed by atoms with Crippen LogP contribution in [0.1, 0.15) is 0 Å². The zero-order valence-electron chi connectivity index (χ0n) is 37.2. The van der Waals surface area contributed by atoms with Crippen LogP contribution < -0.4 is 0 Å². The monoisotopic (exact) mass is 881 g/mol. The van der Waals surface area contributed by atoms with Crippen LogP contribution in [0, 0.1) is 0 Å². The highest BCUT2D eigenvalue weighted by atomic mass is 16.3. The van der Waals surface area contributed by atoms with Crippen LogP contribution in [0.25, 0.3) is 133 Å². The SMILES string of the molecule is c1ccc(-c2cc(-c3ccccc3)cc(-c3nc(-c4ccccc4)nc(-n4c5ccccc5c5ccc6c7ccccc7n(-c7cc(-c8ccccc8)c8oc9ccccc9c8c7)c6c54)n3)c2)cc1. The first-order chi connectivity index (χ1) is 34.2. The molecular formula is C63H39N5O. The summed E-state index contributed by atoms with van der Waals surface area (Å²) in [5.41, 5.74) is 15.2. The Kier molecular flexibility index (Phi) is 8.79. The molecule has 0 aliphatic rings. The van der Waals surface area contributed by atoms with Crippen molar-refractivity contribution in [3.05, 3.63) is 237 Å². The van der Waals surface area contributed by atoms with Crippen molar-refractivity contribution >= 4 is 65.6 Å². The molecule has 0 radical (unpaired) electrons. The summed E-state index contributed by atoms with van der Waals surface area (Å²) in [5, 5.41) is 6.61. The molecule has 0 aliphatic carbocycles. The van der Waals surface area contributed by atoms with Crippen molar-refractivity contribution in [2.24, 2.45) is 0 Å². The maximum atomic E-state index is 6.70. The summed E-state index contributed by atoms with van der Waals surface area (Å²) >= 11 is 0. The number of rotatable bonds is 7. The van der Waals surface area contributed by atoms with Crippen molar-refractivity contribution in [1.29, 1.82) is 0 Å². The van der Waals surface area contributed by atoms with Gasteiger partial charge in [0.2, 0.25) is 5.95 Å². The Morgan fingerprint density at radius 1 is 0.304 bits per heavy atom. The minimum atomic E-state index is 0.530. The van der Waals surface area contributed by atoms with E-state index in [4.69, 9.17) is 19.4 Å². The molecule has 0 atom stereocenters. The van der Waals surface area contributed by atoms with Gasteiger partial charge in [0.05, 0.1) is 22.1 Å². The fraction of sp³-hybridized carbons (Fsp3) is 0. The highest BCUT2D eigenvalue weighted by Gasteiger charge is 2.25. The molecule has 14 aromatic rings. The molecule has 0 saturated heterocycles. The number of nitrogens with zero attached hydrogens (tertiary/aromatic N) is 5. The van der Waals surface area contributed by atoms with Gasteiger partial charge in [0.1, 0.15) is 11.2 Å². The summed E-state index contributed by atoms with van der Waals surface area (Å²) in [7, 11) is 0. The largest absolute Gasteiger partial charge is 0.455 e. The summed E-state index contributed by atoms with van der Waals surface area (Å²) in [6.45, 7) is 0. The topological polar surface area (TPSA) is 61.7 Å². The van der Waals surface area contributed by atoms with Gasteiger partial charge in [-0.1, -0.05) is 188 Å². The van der Waals surface area contributed by atoms with Gasteiger partial charge < -0.3 is 8.98 Å². The van der Waals surface area contributed by atoms with E-state index in [-0.39, 0.29) is 0 Å². The molecule has 0 bridgehead atoms. The molecule has 4 heterocycles. The van der Waals surface area contributed by atoms with Crippen molar-refractivity contribution < 1.29 is 4.42 Å². The normalized spacial score (nSPS) is 11.8. The van der Waals surface area contributed by atoms with Crippen LogP contribution in [-0.4, -0.2) is 24.1 Å². The third kappa shape index (κ3) is 6.30. The highest BCUT2D eigenvalue weighted by molar-refractivity contribution is 6.24. The number of furan rings is 1. The van der Waals surface area contributed by atoms with Gasteiger partial charge in [-0.15, -0.1) is 0 Å². The van der Waals surface area contributed by atoms with E-state index in [1.54, 1.807) is 0 Å². The lowest BCUT2D eigenvalue weighted by atomic mass is 9.96. The van der Waals surface area contributed by atoms with Gasteiger partial charge in [-0.05, 0) is 76.3 Å². The smallest absolute Gasteiger partial charge is 0.238 e. The van der Waals surface area contributed by atoms with E-state index in [9.17, 15) is 0 Å². The second kappa shape index (κ2) is 15.6. The van der Waals surface area contributed by atoms with E-state index in [1.807, 2.05) is 24.3 Å². The molecule has 322 valence electrons. The third-order valence-electron chi connectivity index (χ3n) is 13.5. The number of para-hydroxylation sites is 3. The Labute approximate surface area is 396 Å². The van der Waals surface area contributed by atoms with Crippen LogP contribution in [-0.2, 0) is 0 Å². The Balaban J connectivity index is 1.10. The zero-order chi connectivity index (χ0) is 45.4. The molecule has 0 amide bonds. The van der Waals surface area contributed by atoms with E-state index < -0.39 is 0 Å². The van der Waals surface area contributed by atoms with Gasteiger partial charge in [0.25, 0.3) is 0 Å². The summed E-state index contributed by atoms with van der Waals surface area (Å²) < 4.78 is 11.4. The van der Waals surface area contributed by atoms with Crippen LogP contribution in [0.2, 0.25) is 0 Å². The molecule has 0 fully saturated rings. The van der Waals surface area contributed by atoms with Crippen LogP contribution in [0.15, 0.2) is 241 Å². The highest BCUT2D eigenvalue weighted by Crippen LogP contribution is 2.44. The number of benzene rings is 10.